The third-order valence-electron chi connectivity index (χ3n) is 4.24. The van der Waals surface area contributed by atoms with Crippen molar-refractivity contribution in [1.82, 2.24) is 10.2 Å². The van der Waals surface area contributed by atoms with Gasteiger partial charge in [-0.05, 0) is 25.2 Å². The monoisotopic (exact) mass is 210 g/mol. The molecule has 1 aliphatic carbocycles. The molecule has 1 N–H and O–H groups in total. The molecular formula is C12H22N2O. The maximum atomic E-state index is 12.2. The first-order valence-electron chi connectivity index (χ1n) is 6.09. The average molecular weight is 210 g/mol. The number of carbonyl (C=O) groups excluding carboxylic acids is 1. The van der Waals surface area contributed by atoms with Crippen LogP contribution in [0.1, 0.15) is 33.6 Å². The summed E-state index contributed by atoms with van der Waals surface area (Å²) in [5.41, 5.74) is 0.307. The lowest BCUT2D eigenvalue weighted by Gasteiger charge is -2.34. The van der Waals surface area contributed by atoms with Gasteiger partial charge < -0.3 is 10.2 Å². The first kappa shape index (κ1) is 10.9. The van der Waals surface area contributed by atoms with E-state index in [0.717, 1.165) is 32.5 Å². The van der Waals surface area contributed by atoms with Crippen LogP contribution in [0, 0.1) is 11.3 Å². The smallest absolute Gasteiger partial charge is 0.226 e. The average Bonchev–Trinajstić information content (AvgIpc) is 2.92. The number of amides is 1. The molecule has 1 saturated heterocycles. The molecule has 1 heterocycles. The van der Waals surface area contributed by atoms with Gasteiger partial charge in [0.05, 0.1) is 0 Å². The first-order chi connectivity index (χ1) is 7.08. The van der Waals surface area contributed by atoms with Crippen LogP contribution in [-0.4, -0.2) is 36.5 Å². The lowest BCUT2D eigenvalue weighted by atomic mass is 10.0. The third-order valence-corrected chi connectivity index (χ3v) is 4.24. The van der Waals surface area contributed by atoms with E-state index >= 15 is 0 Å². The lowest BCUT2D eigenvalue weighted by Crippen LogP contribution is -2.53. The molecule has 2 rings (SSSR count). The van der Waals surface area contributed by atoms with E-state index in [9.17, 15) is 4.79 Å². The summed E-state index contributed by atoms with van der Waals surface area (Å²) in [5, 5.41) is 3.32. The van der Waals surface area contributed by atoms with Gasteiger partial charge in [0.1, 0.15) is 0 Å². The Morgan fingerprint density at radius 1 is 1.60 bits per heavy atom. The largest absolute Gasteiger partial charge is 0.337 e. The fourth-order valence-corrected chi connectivity index (χ4v) is 2.55. The number of hydrogen-bond donors (Lipinski definition) is 1. The Kier molecular flexibility index (Phi) is 2.75. The maximum absolute atomic E-state index is 12.2. The van der Waals surface area contributed by atoms with Crippen molar-refractivity contribution >= 4 is 5.91 Å². The molecule has 3 atom stereocenters. The summed E-state index contributed by atoms with van der Waals surface area (Å²) >= 11 is 0. The molecule has 1 aliphatic heterocycles. The highest BCUT2D eigenvalue weighted by molar-refractivity contribution is 5.83. The molecule has 0 bridgehead atoms. The molecule has 0 spiro atoms. The Bertz CT molecular complexity index is 266. The van der Waals surface area contributed by atoms with Gasteiger partial charge in [0.2, 0.25) is 5.91 Å². The normalized spacial score (nSPS) is 40.3. The molecule has 3 nitrogen and oxygen atoms in total. The molecule has 3 heteroatoms. The predicted molar refractivity (Wildman–Crippen MR) is 60.5 cm³/mol. The van der Waals surface area contributed by atoms with Crippen LogP contribution in [0.5, 0.6) is 0 Å². The van der Waals surface area contributed by atoms with Crippen molar-refractivity contribution in [2.45, 2.75) is 39.7 Å². The van der Waals surface area contributed by atoms with Gasteiger partial charge in [-0.1, -0.05) is 13.8 Å². The molecule has 2 unspecified atom stereocenters. The van der Waals surface area contributed by atoms with Crippen LogP contribution >= 0.6 is 0 Å². The van der Waals surface area contributed by atoms with Crippen molar-refractivity contribution in [2.75, 3.05) is 19.6 Å². The Morgan fingerprint density at radius 3 is 2.87 bits per heavy atom. The van der Waals surface area contributed by atoms with Crippen LogP contribution in [0.3, 0.4) is 0 Å². The van der Waals surface area contributed by atoms with Crippen molar-refractivity contribution in [2.24, 2.45) is 11.3 Å². The molecule has 1 saturated carbocycles. The van der Waals surface area contributed by atoms with E-state index in [4.69, 9.17) is 0 Å². The Labute approximate surface area is 92.2 Å². The summed E-state index contributed by atoms with van der Waals surface area (Å²) in [6, 6.07) is 0.368. The molecule has 1 amide bonds. The highest BCUT2D eigenvalue weighted by Crippen LogP contribution is 2.55. The van der Waals surface area contributed by atoms with Gasteiger partial charge in [0.15, 0.2) is 0 Å². The van der Waals surface area contributed by atoms with E-state index in [2.05, 4.69) is 31.0 Å². The van der Waals surface area contributed by atoms with Gasteiger partial charge in [-0.3, -0.25) is 4.79 Å². The van der Waals surface area contributed by atoms with Gasteiger partial charge in [0.25, 0.3) is 0 Å². The van der Waals surface area contributed by atoms with Crippen molar-refractivity contribution in [3.63, 3.8) is 0 Å². The number of carbonyl (C=O) groups is 1. The zero-order valence-electron chi connectivity index (χ0n) is 10.0. The van der Waals surface area contributed by atoms with E-state index in [-0.39, 0.29) is 0 Å². The molecule has 2 fully saturated rings. The quantitative estimate of drug-likeness (QED) is 0.744. The molecule has 0 radical (unpaired) electrons. The summed E-state index contributed by atoms with van der Waals surface area (Å²) < 4.78 is 0. The van der Waals surface area contributed by atoms with E-state index < -0.39 is 0 Å². The summed E-state index contributed by atoms with van der Waals surface area (Å²) in [6.45, 7) is 9.34. The number of rotatable bonds is 2. The first-order valence-corrected chi connectivity index (χ1v) is 6.09. The van der Waals surface area contributed by atoms with Gasteiger partial charge in [0, 0.05) is 31.6 Å². The Balaban J connectivity index is 1.97. The molecule has 0 aromatic heterocycles. The SMILES string of the molecule is CCC1(C)CC1C(=O)N1CCNC[C@@H]1C. The van der Waals surface area contributed by atoms with Crippen LogP contribution in [0.4, 0.5) is 0 Å². The highest BCUT2D eigenvalue weighted by Gasteiger charge is 2.54. The lowest BCUT2D eigenvalue weighted by molar-refractivity contribution is -0.136. The van der Waals surface area contributed by atoms with Crippen LogP contribution in [-0.2, 0) is 4.79 Å². The van der Waals surface area contributed by atoms with Crippen LogP contribution < -0.4 is 5.32 Å². The summed E-state index contributed by atoms with van der Waals surface area (Å²) in [6.07, 6.45) is 2.23. The summed E-state index contributed by atoms with van der Waals surface area (Å²) in [4.78, 5) is 14.3. The minimum atomic E-state index is 0.307. The van der Waals surface area contributed by atoms with E-state index in [1.807, 2.05) is 0 Å². The van der Waals surface area contributed by atoms with Gasteiger partial charge >= 0.3 is 0 Å². The second kappa shape index (κ2) is 3.78. The fraction of sp³-hybridized carbons (Fsp3) is 0.917. The number of nitrogens with one attached hydrogen (secondary N) is 1. The Hall–Kier alpha value is -0.570. The van der Waals surface area contributed by atoms with Crippen LogP contribution in [0.25, 0.3) is 0 Å². The predicted octanol–water partition coefficient (Wildman–Crippen LogP) is 1.24. The third kappa shape index (κ3) is 1.89. The van der Waals surface area contributed by atoms with E-state index in [0.29, 0.717) is 23.3 Å². The second-order valence-corrected chi connectivity index (χ2v) is 5.35. The minimum Gasteiger partial charge on any atom is -0.337 e. The molecule has 0 aromatic carbocycles. The Morgan fingerprint density at radius 2 is 2.33 bits per heavy atom. The molecule has 0 aromatic rings. The summed E-state index contributed by atoms with van der Waals surface area (Å²) in [7, 11) is 0. The zero-order valence-corrected chi connectivity index (χ0v) is 10.0. The molecule has 15 heavy (non-hydrogen) atoms. The summed E-state index contributed by atoms with van der Waals surface area (Å²) in [5.74, 6) is 0.705. The van der Waals surface area contributed by atoms with Gasteiger partial charge in [-0.25, -0.2) is 0 Å². The number of nitrogens with zero attached hydrogens (tertiary/aromatic N) is 1. The number of piperazine rings is 1. The topological polar surface area (TPSA) is 32.3 Å². The fourth-order valence-electron chi connectivity index (χ4n) is 2.55. The maximum Gasteiger partial charge on any atom is 0.226 e. The van der Waals surface area contributed by atoms with Crippen LogP contribution in [0.15, 0.2) is 0 Å². The van der Waals surface area contributed by atoms with E-state index in [1.54, 1.807) is 0 Å². The molecular weight excluding hydrogens is 188 g/mol. The second-order valence-electron chi connectivity index (χ2n) is 5.35. The van der Waals surface area contributed by atoms with E-state index in [1.165, 1.54) is 0 Å². The van der Waals surface area contributed by atoms with Gasteiger partial charge in [-0.15, -0.1) is 0 Å². The molecule has 2 aliphatic rings. The van der Waals surface area contributed by atoms with Crippen molar-refractivity contribution in [3.05, 3.63) is 0 Å². The standard InChI is InChI=1S/C12H22N2O/c1-4-12(3)7-10(12)11(15)14-6-5-13-8-9(14)2/h9-10,13H,4-8H2,1-3H3/t9-,10?,12?/m0/s1. The van der Waals surface area contributed by atoms with Crippen molar-refractivity contribution < 1.29 is 4.79 Å². The molecule has 86 valence electrons. The van der Waals surface area contributed by atoms with Crippen molar-refractivity contribution in [3.8, 4) is 0 Å². The highest BCUT2D eigenvalue weighted by atomic mass is 16.2. The number of hydrogen-bond acceptors (Lipinski definition) is 2. The van der Waals surface area contributed by atoms with Crippen LogP contribution in [0.2, 0.25) is 0 Å². The van der Waals surface area contributed by atoms with Crippen molar-refractivity contribution in [1.29, 1.82) is 0 Å². The zero-order chi connectivity index (χ0) is 11.1. The van der Waals surface area contributed by atoms with Gasteiger partial charge in [-0.2, -0.15) is 0 Å². The minimum absolute atomic E-state index is 0.307.